The number of carbonyl (C=O) groups is 2. The van der Waals surface area contributed by atoms with E-state index in [0.29, 0.717) is 22.2 Å². The van der Waals surface area contributed by atoms with E-state index in [1.807, 2.05) is 38.1 Å². The molecular formula is C22H25BrCl2N2O2. The molecule has 0 heterocycles. The summed E-state index contributed by atoms with van der Waals surface area (Å²) in [4.78, 5) is 27.5. The summed E-state index contributed by atoms with van der Waals surface area (Å²) in [5.74, 6) is -0.356. The van der Waals surface area contributed by atoms with E-state index in [1.165, 1.54) is 0 Å². The Labute approximate surface area is 190 Å². The molecule has 0 aliphatic carbocycles. The lowest BCUT2D eigenvalue weighted by Crippen LogP contribution is -2.49. The van der Waals surface area contributed by atoms with Crippen LogP contribution in [0.3, 0.4) is 0 Å². The Balaban J connectivity index is 2.26. The first kappa shape index (κ1) is 23.7. The molecule has 0 bridgehead atoms. The van der Waals surface area contributed by atoms with Gasteiger partial charge in [0.15, 0.2) is 0 Å². The fourth-order valence-corrected chi connectivity index (χ4v) is 3.73. The van der Waals surface area contributed by atoms with Gasteiger partial charge in [0.1, 0.15) is 6.04 Å². The van der Waals surface area contributed by atoms with Gasteiger partial charge in [-0.2, -0.15) is 0 Å². The Morgan fingerprint density at radius 3 is 2.48 bits per heavy atom. The van der Waals surface area contributed by atoms with Crippen molar-refractivity contribution in [1.82, 2.24) is 10.2 Å². The highest BCUT2D eigenvalue weighted by Crippen LogP contribution is 2.23. The Morgan fingerprint density at radius 2 is 1.86 bits per heavy atom. The van der Waals surface area contributed by atoms with Gasteiger partial charge in [0.05, 0.1) is 6.42 Å². The summed E-state index contributed by atoms with van der Waals surface area (Å²) in [6.45, 7) is 6.01. The molecule has 0 radical (unpaired) electrons. The molecule has 2 aromatic rings. The van der Waals surface area contributed by atoms with Gasteiger partial charge < -0.3 is 10.2 Å². The lowest BCUT2D eigenvalue weighted by molar-refractivity contribution is -0.140. The van der Waals surface area contributed by atoms with E-state index in [9.17, 15) is 9.59 Å². The summed E-state index contributed by atoms with van der Waals surface area (Å²) < 4.78 is 0.917. The molecule has 0 aliphatic heterocycles. The van der Waals surface area contributed by atoms with Crippen LogP contribution < -0.4 is 5.32 Å². The van der Waals surface area contributed by atoms with Gasteiger partial charge in [0.2, 0.25) is 11.8 Å². The highest BCUT2D eigenvalue weighted by atomic mass is 79.9. The highest BCUT2D eigenvalue weighted by molar-refractivity contribution is 9.10. The molecule has 156 valence electrons. The van der Waals surface area contributed by atoms with Crippen LogP contribution in [0.15, 0.2) is 46.9 Å². The summed E-state index contributed by atoms with van der Waals surface area (Å²) in [5.41, 5.74) is 1.60. The van der Waals surface area contributed by atoms with Crippen LogP contribution in [0, 0.1) is 0 Å². The number of nitrogens with zero attached hydrogens (tertiary/aromatic N) is 1. The molecule has 0 spiro atoms. The van der Waals surface area contributed by atoms with Crippen LogP contribution in [0.1, 0.15) is 38.3 Å². The maximum absolute atomic E-state index is 13.2. The van der Waals surface area contributed by atoms with Crippen LogP contribution in [0.5, 0.6) is 0 Å². The van der Waals surface area contributed by atoms with Crippen molar-refractivity contribution < 1.29 is 9.59 Å². The van der Waals surface area contributed by atoms with Crippen molar-refractivity contribution in [1.29, 1.82) is 0 Å². The molecule has 2 rings (SSSR count). The van der Waals surface area contributed by atoms with Gasteiger partial charge in [-0.25, -0.2) is 0 Å². The molecule has 0 saturated heterocycles. The number of carbonyl (C=O) groups excluding carboxylic acids is 2. The second kappa shape index (κ2) is 11.0. The first-order valence-electron chi connectivity index (χ1n) is 9.49. The predicted molar refractivity (Wildman–Crippen MR) is 122 cm³/mol. The lowest BCUT2D eigenvalue weighted by Gasteiger charge is -2.30. The number of rotatable bonds is 8. The third-order valence-corrected chi connectivity index (χ3v) is 5.85. The van der Waals surface area contributed by atoms with E-state index >= 15 is 0 Å². The zero-order valence-electron chi connectivity index (χ0n) is 16.7. The van der Waals surface area contributed by atoms with Crippen molar-refractivity contribution in [2.24, 2.45) is 0 Å². The van der Waals surface area contributed by atoms with Crippen molar-refractivity contribution in [2.45, 2.75) is 52.2 Å². The van der Waals surface area contributed by atoms with E-state index in [4.69, 9.17) is 23.2 Å². The molecule has 0 fully saturated rings. The second-order valence-electron chi connectivity index (χ2n) is 7.06. The maximum atomic E-state index is 13.2. The van der Waals surface area contributed by atoms with Gasteiger partial charge in [0, 0.05) is 27.1 Å². The van der Waals surface area contributed by atoms with E-state index in [2.05, 4.69) is 21.2 Å². The molecule has 0 aromatic heterocycles. The van der Waals surface area contributed by atoms with Crippen molar-refractivity contribution in [3.05, 3.63) is 68.1 Å². The van der Waals surface area contributed by atoms with E-state index in [-0.39, 0.29) is 24.3 Å². The molecule has 2 unspecified atom stereocenters. The molecule has 2 aromatic carbocycles. The van der Waals surface area contributed by atoms with Crippen LogP contribution in [-0.2, 0) is 22.6 Å². The predicted octanol–water partition coefficient (Wildman–Crippen LogP) is 5.63. The van der Waals surface area contributed by atoms with Gasteiger partial charge in [0.25, 0.3) is 0 Å². The largest absolute Gasteiger partial charge is 0.352 e. The van der Waals surface area contributed by atoms with Gasteiger partial charge in [-0.05, 0) is 55.7 Å². The van der Waals surface area contributed by atoms with Crippen LogP contribution in [0.4, 0.5) is 0 Å². The molecule has 0 aliphatic rings. The summed E-state index contributed by atoms with van der Waals surface area (Å²) in [5, 5.41) is 3.91. The SMILES string of the molecule is CCC(C)NC(=O)C(C)N(Cc1cccc(Br)c1)C(=O)Cc1ccc(Cl)cc1Cl. The van der Waals surface area contributed by atoms with Crippen LogP contribution in [-0.4, -0.2) is 28.8 Å². The minimum absolute atomic E-state index is 0.0403. The summed E-state index contributed by atoms with van der Waals surface area (Å²) in [7, 11) is 0. The van der Waals surface area contributed by atoms with Crippen molar-refractivity contribution >= 4 is 50.9 Å². The zero-order valence-corrected chi connectivity index (χ0v) is 19.8. The molecule has 2 amide bonds. The first-order valence-corrected chi connectivity index (χ1v) is 11.0. The summed E-state index contributed by atoms with van der Waals surface area (Å²) in [6, 6.07) is 12.2. The van der Waals surface area contributed by atoms with Gasteiger partial charge in [-0.15, -0.1) is 0 Å². The van der Waals surface area contributed by atoms with Crippen molar-refractivity contribution in [2.75, 3.05) is 0 Å². The van der Waals surface area contributed by atoms with Crippen LogP contribution in [0.25, 0.3) is 0 Å². The maximum Gasteiger partial charge on any atom is 0.242 e. The summed E-state index contributed by atoms with van der Waals surface area (Å²) in [6.07, 6.45) is 0.906. The standard InChI is InChI=1S/C22H25BrCl2N2O2/c1-4-14(2)26-22(29)15(3)27(13-16-6-5-7-18(23)10-16)21(28)11-17-8-9-19(24)12-20(17)25/h5-10,12,14-15H,4,11,13H2,1-3H3,(H,26,29). The third kappa shape index (κ3) is 7.02. The fourth-order valence-electron chi connectivity index (χ4n) is 2.81. The van der Waals surface area contributed by atoms with E-state index in [0.717, 1.165) is 16.5 Å². The number of amides is 2. The quantitative estimate of drug-likeness (QED) is 0.511. The summed E-state index contributed by atoms with van der Waals surface area (Å²) >= 11 is 15.7. The number of hydrogen-bond donors (Lipinski definition) is 1. The smallest absolute Gasteiger partial charge is 0.242 e. The van der Waals surface area contributed by atoms with Gasteiger partial charge in [-0.3, -0.25) is 9.59 Å². The van der Waals surface area contributed by atoms with Gasteiger partial charge >= 0.3 is 0 Å². The first-order chi connectivity index (χ1) is 13.7. The third-order valence-electron chi connectivity index (χ3n) is 4.77. The van der Waals surface area contributed by atoms with Crippen molar-refractivity contribution in [3.8, 4) is 0 Å². The molecule has 1 N–H and O–H groups in total. The monoisotopic (exact) mass is 498 g/mol. The van der Waals surface area contributed by atoms with E-state index < -0.39 is 6.04 Å². The number of benzene rings is 2. The van der Waals surface area contributed by atoms with Crippen molar-refractivity contribution in [3.63, 3.8) is 0 Å². The average molecular weight is 500 g/mol. The lowest BCUT2D eigenvalue weighted by atomic mass is 10.1. The average Bonchev–Trinajstić information content (AvgIpc) is 2.67. The van der Waals surface area contributed by atoms with Crippen LogP contribution >= 0.6 is 39.1 Å². The Bertz CT molecular complexity index is 876. The molecular weight excluding hydrogens is 475 g/mol. The normalized spacial score (nSPS) is 12.9. The number of nitrogens with one attached hydrogen (secondary N) is 1. The minimum Gasteiger partial charge on any atom is -0.352 e. The van der Waals surface area contributed by atoms with Crippen LogP contribution in [0.2, 0.25) is 10.0 Å². The topological polar surface area (TPSA) is 49.4 Å². The zero-order chi connectivity index (χ0) is 21.6. The Hall–Kier alpha value is -1.56. The Kier molecular flexibility index (Phi) is 9.00. The number of hydrogen-bond acceptors (Lipinski definition) is 2. The minimum atomic E-state index is -0.624. The van der Waals surface area contributed by atoms with E-state index in [1.54, 1.807) is 30.0 Å². The fraction of sp³-hybridized carbons (Fsp3) is 0.364. The molecule has 0 saturated carbocycles. The molecule has 4 nitrogen and oxygen atoms in total. The van der Waals surface area contributed by atoms with Gasteiger partial charge in [-0.1, -0.05) is 64.3 Å². The highest BCUT2D eigenvalue weighted by Gasteiger charge is 2.27. The Morgan fingerprint density at radius 1 is 1.14 bits per heavy atom. The molecule has 2 atom stereocenters. The number of halogens is 3. The molecule has 29 heavy (non-hydrogen) atoms. The molecule has 7 heteroatoms. The second-order valence-corrected chi connectivity index (χ2v) is 8.82.